The topological polar surface area (TPSA) is 166 Å². The molecule has 5 heterocycles. The maximum absolute atomic E-state index is 12.8. The van der Waals surface area contributed by atoms with Gasteiger partial charge in [-0.05, 0) is 140 Å². The first-order valence-electron chi connectivity index (χ1n) is 22.9. The van der Waals surface area contributed by atoms with Crippen LogP contribution in [-0.2, 0) is 19.4 Å². The van der Waals surface area contributed by atoms with Crippen LogP contribution in [0.4, 0.5) is 23.1 Å². The number of anilines is 4. The molecule has 14 nitrogen and oxygen atoms in total. The van der Waals surface area contributed by atoms with Gasteiger partial charge in [-0.2, -0.15) is 4.98 Å². The van der Waals surface area contributed by atoms with Crippen LogP contribution in [0.2, 0.25) is 5.02 Å². The maximum atomic E-state index is 12.8. The fourth-order valence-electron chi connectivity index (χ4n) is 7.92. The summed E-state index contributed by atoms with van der Waals surface area (Å²) in [6, 6.07) is 21.7. The van der Waals surface area contributed by atoms with E-state index in [0.29, 0.717) is 39.8 Å². The molecular formula is C52H66ClN9O5S2. The van der Waals surface area contributed by atoms with E-state index >= 15 is 0 Å². The third kappa shape index (κ3) is 13.8. The van der Waals surface area contributed by atoms with E-state index in [0.717, 1.165) is 56.8 Å². The predicted octanol–water partition coefficient (Wildman–Crippen LogP) is 11.7. The quantitative estimate of drug-likeness (QED) is 0.105. The zero-order valence-corrected chi connectivity index (χ0v) is 43.0. The molecule has 6 aromatic rings. The van der Waals surface area contributed by atoms with Crippen LogP contribution in [0.25, 0.3) is 5.00 Å². The molecule has 3 aromatic carbocycles. The highest BCUT2D eigenvalue weighted by molar-refractivity contribution is 7.91. The smallest absolute Gasteiger partial charge is 0.308 e. The number of carbonyl (C=O) groups excluding carboxylic acids is 1. The minimum absolute atomic E-state index is 0. The summed E-state index contributed by atoms with van der Waals surface area (Å²) in [5, 5.41) is 16.9. The Hall–Kier alpha value is -5.68. The highest BCUT2D eigenvalue weighted by Crippen LogP contribution is 2.40. The highest BCUT2D eigenvalue weighted by Gasteiger charge is 2.33. The van der Waals surface area contributed by atoms with E-state index in [1.807, 2.05) is 115 Å². The molecule has 1 atom stereocenters. The lowest BCUT2D eigenvalue weighted by molar-refractivity contribution is -0.155. The van der Waals surface area contributed by atoms with E-state index in [9.17, 15) is 13.2 Å². The molecule has 0 radical (unpaired) electrons. The number of rotatable bonds is 13. The summed E-state index contributed by atoms with van der Waals surface area (Å²) in [5.41, 5.74) is 5.41. The van der Waals surface area contributed by atoms with E-state index in [2.05, 4.69) is 49.5 Å². The van der Waals surface area contributed by atoms with Gasteiger partial charge >= 0.3 is 5.97 Å². The summed E-state index contributed by atoms with van der Waals surface area (Å²) in [6.07, 6.45) is 4.38. The number of sulfone groups is 1. The third-order valence-corrected chi connectivity index (χ3v) is 14.8. The van der Waals surface area contributed by atoms with Gasteiger partial charge in [0.15, 0.2) is 15.7 Å². The van der Waals surface area contributed by atoms with Gasteiger partial charge < -0.3 is 20.1 Å². The number of hydrogen-bond donors (Lipinski definition) is 2. The van der Waals surface area contributed by atoms with Gasteiger partial charge in [-0.15, -0.1) is 21.5 Å². The molecule has 3 aromatic heterocycles. The molecular weight excluding hydrogens is 930 g/mol. The number of esters is 1. The van der Waals surface area contributed by atoms with Crippen LogP contribution in [-0.4, -0.2) is 87.3 Å². The molecule has 0 aliphatic carbocycles. The average molecular weight is 997 g/mol. The number of likely N-dealkylation sites (tertiary alicyclic amines) is 1. The van der Waals surface area contributed by atoms with E-state index < -0.39 is 21.5 Å². The molecule has 0 bridgehead atoms. The van der Waals surface area contributed by atoms with Gasteiger partial charge in [0, 0.05) is 50.7 Å². The number of carbonyl (C=O) groups is 1. The Kier molecular flexibility index (Phi) is 16.8. The fraction of sp³-hybridized carbons (Fsp3) is 0.423. The number of aryl methyl sites for hydroxylation is 3. The molecule has 0 spiro atoms. The lowest BCUT2D eigenvalue weighted by Gasteiger charge is -2.21. The van der Waals surface area contributed by atoms with Crippen LogP contribution >= 0.6 is 22.9 Å². The van der Waals surface area contributed by atoms with Crippen LogP contribution in [0.1, 0.15) is 113 Å². The minimum atomic E-state index is -3.40. The zero-order chi connectivity index (χ0) is 49.0. The Morgan fingerprint density at radius 3 is 2.26 bits per heavy atom. The van der Waals surface area contributed by atoms with Crippen LogP contribution in [0.5, 0.6) is 5.75 Å². The Morgan fingerprint density at radius 2 is 1.59 bits per heavy atom. The van der Waals surface area contributed by atoms with Crippen LogP contribution < -0.4 is 15.4 Å². The lowest BCUT2D eigenvalue weighted by Crippen LogP contribution is -2.25. The second kappa shape index (κ2) is 22.0. The van der Waals surface area contributed by atoms with Gasteiger partial charge in [0.2, 0.25) is 5.95 Å². The first kappa shape index (κ1) is 52.7. The van der Waals surface area contributed by atoms with Gasteiger partial charge in [-0.3, -0.25) is 19.3 Å². The Morgan fingerprint density at radius 1 is 0.899 bits per heavy atom. The van der Waals surface area contributed by atoms with Crippen molar-refractivity contribution in [3.8, 4) is 10.8 Å². The Balaban J connectivity index is 0.000000227. The molecule has 8 rings (SSSR count). The summed E-state index contributed by atoms with van der Waals surface area (Å²) in [7, 11) is -3.40. The van der Waals surface area contributed by atoms with Gasteiger partial charge in [0.25, 0.3) is 0 Å². The van der Waals surface area contributed by atoms with E-state index in [-0.39, 0.29) is 31.0 Å². The van der Waals surface area contributed by atoms with Crippen molar-refractivity contribution in [3.63, 3.8) is 0 Å². The van der Waals surface area contributed by atoms with Crippen LogP contribution in [0.15, 0.2) is 88.9 Å². The van der Waals surface area contributed by atoms with Gasteiger partial charge in [0.1, 0.15) is 40.6 Å². The lowest BCUT2D eigenvalue weighted by atomic mass is 9.99. The predicted molar refractivity (Wildman–Crippen MR) is 279 cm³/mol. The molecule has 0 saturated carbocycles. The minimum Gasteiger partial charge on any atom is -0.492 e. The number of ether oxygens (including phenoxy) is 2. The second-order valence-electron chi connectivity index (χ2n) is 19.4. The van der Waals surface area contributed by atoms with Crippen LogP contribution in [0.3, 0.4) is 0 Å². The molecule has 2 aliphatic rings. The number of halogens is 1. The number of fused-ring (bicyclic) bond motifs is 3. The van der Waals surface area contributed by atoms with Crippen molar-refractivity contribution >= 4 is 67.6 Å². The highest BCUT2D eigenvalue weighted by atomic mass is 35.5. The molecule has 0 amide bonds. The SMILES string of the molecule is C.Cc1cnc(Nc2ccc(OCCN3CCCC3)cc2)nc1Nc1cccc(S(=O)(=O)CC(C)(C)C)c1.Cc1sc2c(c1C)C(c1ccc(Cl)cc1)=N[C@@H](CC(=O)OC(C)(C)C)c1nnc(C)n1-2. The van der Waals surface area contributed by atoms with Crippen molar-refractivity contribution in [1.29, 1.82) is 0 Å². The number of aromatic nitrogens is 5. The average Bonchev–Trinajstić information content (AvgIpc) is 3.97. The first-order chi connectivity index (χ1) is 32.1. The summed E-state index contributed by atoms with van der Waals surface area (Å²) < 4.78 is 39.2. The van der Waals surface area contributed by atoms with Crippen LogP contribution in [0, 0.1) is 33.1 Å². The van der Waals surface area contributed by atoms with Crippen molar-refractivity contribution < 1.29 is 22.7 Å². The van der Waals surface area contributed by atoms with Crippen molar-refractivity contribution in [2.75, 3.05) is 42.6 Å². The Bertz CT molecular complexity index is 2880. The molecule has 0 unspecified atom stereocenters. The second-order valence-corrected chi connectivity index (χ2v) is 23.1. The fourth-order valence-corrected chi connectivity index (χ4v) is 11.2. The normalized spacial score (nSPS) is 14.8. The van der Waals surface area contributed by atoms with Crippen molar-refractivity contribution in [2.24, 2.45) is 10.4 Å². The summed E-state index contributed by atoms with van der Waals surface area (Å²) in [6.45, 7) is 23.3. The molecule has 1 fully saturated rings. The largest absolute Gasteiger partial charge is 0.492 e. The summed E-state index contributed by atoms with van der Waals surface area (Å²) in [5.74, 6) is 3.04. The molecule has 1 saturated heterocycles. The summed E-state index contributed by atoms with van der Waals surface area (Å²) in [4.78, 5) is 30.7. The number of benzene rings is 3. The molecule has 69 heavy (non-hydrogen) atoms. The molecule has 368 valence electrons. The van der Waals surface area contributed by atoms with Gasteiger partial charge in [0.05, 0.1) is 22.8 Å². The Labute approximate surface area is 416 Å². The molecule has 2 aliphatic heterocycles. The third-order valence-electron chi connectivity index (χ3n) is 11.2. The zero-order valence-electron chi connectivity index (χ0n) is 40.6. The number of nitrogens with one attached hydrogen (secondary N) is 2. The number of nitrogens with zero attached hydrogens (tertiary/aromatic N) is 7. The molecule has 17 heteroatoms. The summed E-state index contributed by atoms with van der Waals surface area (Å²) >= 11 is 7.82. The monoisotopic (exact) mass is 995 g/mol. The van der Waals surface area contributed by atoms with Crippen molar-refractivity contribution in [1.82, 2.24) is 29.6 Å². The van der Waals surface area contributed by atoms with Gasteiger partial charge in [-0.1, -0.05) is 58.0 Å². The van der Waals surface area contributed by atoms with E-state index in [1.165, 1.54) is 30.8 Å². The number of thiophene rings is 1. The van der Waals surface area contributed by atoms with E-state index in [4.69, 9.17) is 26.1 Å². The number of hydrogen-bond acceptors (Lipinski definition) is 14. The van der Waals surface area contributed by atoms with Gasteiger partial charge in [-0.25, -0.2) is 13.4 Å². The van der Waals surface area contributed by atoms with Crippen molar-refractivity contribution in [2.45, 2.75) is 112 Å². The molecule has 2 N–H and O–H groups in total. The standard InChI is InChI=1S/C28H37N5O3S.C23H25ClN4O2S.CH4/c1-21-19-29-27(31-22-10-12-24(13-11-22)36-17-16-33-14-5-6-15-33)32-26(21)30-23-8-7-9-25(18-23)37(34,35)20-28(2,3)4;1-12-13(2)31-22-19(12)20(15-7-9-16(24)10-8-15)25-17(11-18(29)30-23(4,5)6)21-27-26-14(3)28(21)22;/h7-13,18-19H,5-6,14-17,20H2,1-4H3,(H2,29,30,31,32);7-10,17H,11H2,1-6H3;1H4/t;17-;/m.0./s1. The first-order valence-corrected chi connectivity index (χ1v) is 25.7. The van der Waals surface area contributed by atoms with E-state index in [1.54, 1.807) is 35.7 Å². The maximum Gasteiger partial charge on any atom is 0.308 e. The van der Waals surface area contributed by atoms with Crippen molar-refractivity contribution in [3.05, 3.63) is 123 Å². The number of aliphatic imine (C=N–C) groups is 1.